The van der Waals surface area contributed by atoms with Crippen LogP contribution in [0.15, 0.2) is 23.8 Å². The third-order valence-electron chi connectivity index (χ3n) is 13.9. The molecule has 5 fully saturated rings. The summed E-state index contributed by atoms with van der Waals surface area (Å²) in [6.07, 6.45) is 0.758. The van der Waals surface area contributed by atoms with E-state index in [1.165, 1.54) is 11.1 Å². The van der Waals surface area contributed by atoms with Crippen molar-refractivity contribution in [1.29, 1.82) is 0 Å². The lowest BCUT2D eigenvalue weighted by atomic mass is 9.34. The molecule has 0 aromatic carbocycles. The molecule has 44 heavy (non-hydrogen) atoms. The average molecular weight is 621 g/mol. The lowest BCUT2D eigenvalue weighted by molar-refractivity contribution is -0.346. The van der Waals surface area contributed by atoms with E-state index in [1.54, 1.807) is 0 Å². The fourth-order valence-electron chi connectivity index (χ4n) is 11.6. The summed E-state index contributed by atoms with van der Waals surface area (Å²) in [5, 5.41) is 65.2. The maximum Gasteiger partial charge on any atom is 0.186 e. The quantitative estimate of drug-likeness (QED) is 0.185. The number of ether oxygens (including phenoxy) is 2. The number of rotatable bonds is 7. The largest absolute Gasteiger partial charge is 0.394 e. The van der Waals surface area contributed by atoms with E-state index in [4.69, 9.17) is 9.47 Å². The molecule has 8 heteroatoms. The van der Waals surface area contributed by atoms with Gasteiger partial charge in [-0.1, -0.05) is 58.4 Å². The fraction of sp³-hybridized carbons (Fsp3) is 0.889. The van der Waals surface area contributed by atoms with Crippen molar-refractivity contribution in [2.75, 3.05) is 6.61 Å². The molecule has 1 saturated heterocycles. The highest BCUT2D eigenvalue weighted by molar-refractivity contribution is 5.24. The van der Waals surface area contributed by atoms with Gasteiger partial charge in [-0.15, -0.1) is 0 Å². The molecule has 0 aromatic heterocycles. The maximum absolute atomic E-state index is 12.0. The number of aliphatic hydroxyl groups is 6. The first-order valence-corrected chi connectivity index (χ1v) is 17.1. The number of hydrogen-bond acceptors (Lipinski definition) is 8. The van der Waals surface area contributed by atoms with Crippen LogP contribution in [0.4, 0.5) is 0 Å². The van der Waals surface area contributed by atoms with Gasteiger partial charge in [0.05, 0.1) is 24.9 Å². The van der Waals surface area contributed by atoms with E-state index in [-0.39, 0.29) is 39.9 Å². The molecule has 0 amide bonds. The van der Waals surface area contributed by atoms with Gasteiger partial charge in [-0.3, -0.25) is 0 Å². The van der Waals surface area contributed by atoms with Crippen LogP contribution in [0.5, 0.6) is 0 Å². The topological polar surface area (TPSA) is 140 Å². The Bertz CT molecular complexity index is 1100. The van der Waals surface area contributed by atoms with Gasteiger partial charge < -0.3 is 40.1 Å². The minimum atomic E-state index is -1.52. The van der Waals surface area contributed by atoms with Crippen LogP contribution in [0.3, 0.4) is 0 Å². The molecule has 0 spiro atoms. The highest BCUT2D eigenvalue weighted by Crippen LogP contribution is 2.76. The van der Waals surface area contributed by atoms with E-state index in [0.717, 1.165) is 32.1 Å². The van der Waals surface area contributed by atoms with Crippen LogP contribution < -0.4 is 0 Å². The molecule has 0 bridgehead atoms. The molecule has 0 radical (unpaired) electrons. The van der Waals surface area contributed by atoms with Crippen molar-refractivity contribution in [3.63, 3.8) is 0 Å². The predicted octanol–water partition coefficient (Wildman–Crippen LogP) is 4.10. The lowest BCUT2D eigenvalue weighted by Gasteiger charge is -2.72. The summed E-state index contributed by atoms with van der Waals surface area (Å²) < 4.78 is 12.6. The summed E-state index contributed by atoms with van der Waals surface area (Å²) >= 11 is 0. The van der Waals surface area contributed by atoms with Crippen molar-refractivity contribution in [1.82, 2.24) is 0 Å². The van der Waals surface area contributed by atoms with Gasteiger partial charge in [0.2, 0.25) is 0 Å². The van der Waals surface area contributed by atoms with E-state index in [1.807, 2.05) is 0 Å². The van der Waals surface area contributed by atoms with Crippen LogP contribution in [-0.2, 0) is 9.47 Å². The highest BCUT2D eigenvalue weighted by atomic mass is 16.7. The first-order valence-electron chi connectivity index (χ1n) is 17.1. The zero-order valence-electron chi connectivity index (χ0n) is 28.1. The van der Waals surface area contributed by atoms with Crippen LogP contribution >= 0.6 is 0 Å². The number of aliphatic hydroxyl groups excluding tert-OH is 6. The summed E-state index contributed by atoms with van der Waals surface area (Å²) in [6.45, 7) is 19.5. The van der Waals surface area contributed by atoms with Gasteiger partial charge in [-0.05, 0) is 111 Å². The Balaban J connectivity index is 1.53. The minimum Gasteiger partial charge on any atom is -0.394 e. The normalized spacial score (nSPS) is 51.6. The number of allylic oxidation sites excluding steroid dienone is 3. The van der Waals surface area contributed by atoms with E-state index >= 15 is 0 Å². The first kappa shape index (κ1) is 34.5. The summed E-state index contributed by atoms with van der Waals surface area (Å²) in [5.41, 5.74) is 1.32. The molecule has 4 aliphatic carbocycles. The minimum absolute atomic E-state index is 0.0817. The van der Waals surface area contributed by atoms with Gasteiger partial charge in [-0.2, -0.15) is 0 Å². The third-order valence-corrected chi connectivity index (χ3v) is 13.9. The molecular weight excluding hydrogens is 560 g/mol. The molecule has 1 heterocycles. The van der Waals surface area contributed by atoms with Gasteiger partial charge in [-0.25, -0.2) is 0 Å². The van der Waals surface area contributed by atoms with E-state index in [9.17, 15) is 30.6 Å². The molecule has 12 unspecified atom stereocenters. The summed E-state index contributed by atoms with van der Waals surface area (Å²) in [5.74, 6) is 0.402. The Kier molecular flexibility index (Phi) is 9.40. The van der Waals surface area contributed by atoms with Gasteiger partial charge in [0.25, 0.3) is 0 Å². The molecular formula is C36H60O8. The van der Waals surface area contributed by atoms with Crippen LogP contribution in [0.25, 0.3) is 0 Å². The second-order valence-electron chi connectivity index (χ2n) is 16.8. The smallest absolute Gasteiger partial charge is 0.186 e. The average Bonchev–Trinajstić information content (AvgIpc) is 3.32. The van der Waals surface area contributed by atoms with Gasteiger partial charge >= 0.3 is 0 Å². The fourth-order valence-corrected chi connectivity index (χ4v) is 11.6. The van der Waals surface area contributed by atoms with Gasteiger partial charge in [0, 0.05) is 0 Å². The van der Waals surface area contributed by atoms with Crippen molar-refractivity contribution in [3.05, 3.63) is 23.8 Å². The molecule has 5 rings (SSSR count). The van der Waals surface area contributed by atoms with Gasteiger partial charge in [0.15, 0.2) is 6.29 Å². The monoisotopic (exact) mass is 620 g/mol. The SMILES string of the molecule is C=C(CCC=C(C)C)C1CC[C@]2(C)C1C(O)CC1[C@@]3(C)CCC(O)C(C)(C)C3C(OC3OC(CO)C(O)C(O)C3O)C[C@]12C. The van der Waals surface area contributed by atoms with E-state index < -0.39 is 61.0 Å². The van der Waals surface area contributed by atoms with Crippen LogP contribution in [-0.4, -0.2) is 86.3 Å². The van der Waals surface area contributed by atoms with Gasteiger partial charge in [0.1, 0.15) is 24.4 Å². The van der Waals surface area contributed by atoms with Crippen LogP contribution in [0, 0.1) is 45.3 Å². The van der Waals surface area contributed by atoms with Crippen LogP contribution in [0.2, 0.25) is 0 Å². The molecule has 4 saturated carbocycles. The third kappa shape index (κ3) is 5.18. The number of fused-ring (bicyclic) bond motifs is 5. The maximum atomic E-state index is 12.0. The Hall–Kier alpha value is -0.840. The lowest BCUT2D eigenvalue weighted by Crippen LogP contribution is -2.70. The van der Waals surface area contributed by atoms with E-state index in [0.29, 0.717) is 19.3 Å². The van der Waals surface area contributed by atoms with Crippen LogP contribution in [0.1, 0.15) is 99.8 Å². The Morgan fingerprint density at radius 1 is 0.932 bits per heavy atom. The second-order valence-corrected chi connectivity index (χ2v) is 16.8. The molecule has 252 valence electrons. The first-order chi connectivity index (χ1) is 20.4. The van der Waals surface area contributed by atoms with Crippen molar-refractivity contribution in [2.45, 2.75) is 149 Å². The molecule has 8 nitrogen and oxygen atoms in total. The summed E-state index contributed by atoms with van der Waals surface area (Å²) in [6, 6.07) is 0. The van der Waals surface area contributed by atoms with Crippen molar-refractivity contribution in [2.24, 2.45) is 45.3 Å². The summed E-state index contributed by atoms with van der Waals surface area (Å²) in [4.78, 5) is 0. The Labute approximate surface area is 264 Å². The molecule has 15 atom stereocenters. The standard InChI is InChI=1S/C36H60O8/c1-19(2)10-9-11-20(3)21-12-15-35(7)27(21)22(38)16-25-34(6)14-13-26(39)33(4,5)31(34)23(17-36(25,35)8)43-32-30(42)29(41)28(40)24(18-37)44-32/h10,21-32,37-42H,3,9,11-18H2,1-2,4-8H3/t21?,22?,23?,24?,25?,26?,27?,28?,29?,30?,31?,32?,34-,35-,36-/m1/s1. The number of hydrogen-bond donors (Lipinski definition) is 6. The van der Waals surface area contributed by atoms with Crippen molar-refractivity contribution in [3.8, 4) is 0 Å². The zero-order chi connectivity index (χ0) is 32.6. The zero-order valence-corrected chi connectivity index (χ0v) is 28.1. The molecule has 0 aromatic rings. The van der Waals surface area contributed by atoms with E-state index in [2.05, 4.69) is 61.1 Å². The molecule has 1 aliphatic heterocycles. The Morgan fingerprint density at radius 2 is 1.61 bits per heavy atom. The molecule has 5 aliphatic rings. The highest BCUT2D eigenvalue weighted by Gasteiger charge is 2.72. The predicted molar refractivity (Wildman–Crippen MR) is 168 cm³/mol. The summed E-state index contributed by atoms with van der Waals surface area (Å²) in [7, 11) is 0. The Morgan fingerprint density at radius 3 is 2.25 bits per heavy atom. The second kappa shape index (κ2) is 12.0. The molecule has 6 N–H and O–H groups in total. The van der Waals surface area contributed by atoms with Crippen molar-refractivity contribution < 1.29 is 40.1 Å². The van der Waals surface area contributed by atoms with Crippen molar-refractivity contribution >= 4 is 0 Å².